The van der Waals surface area contributed by atoms with Crippen LogP contribution in [0.1, 0.15) is 25.7 Å². The average molecular weight is 203 g/mol. The first kappa shape index (κ1) is 11.9. The minimum Gasteiger partial charge on any atom is -0.388 e. The molecule has 4 heteroatoms. The van der Waals surface area contributed by atoms with Gasteiger partial charge < -0.3 is 20.3 Å². The van der Waals surface area contributed by atoms with Crippen molar-refractivity contribution in [1.29, 1.82) is 0 Å². The number of aliphatic hydroxyl groups is 1. The van der Waals surface area contributed by atoms with Crippen LogP contribution in [0.15, 0.2) is 0 Å². The lowest BCUT2D eigenvalue weighted by atomic mass is 10.0. The first-order valence-electron chi connectivity index (χ1n) is 5.23. The highest BCUT2D eigenvalue weighted by atomic mass is 16.5. The zero-order valence-electron chi connectivity index (χ0n) is 8.87. The van der Waals surface area contributed by atoms with Gasteiger partial charge in [0.15, 0.2) is 0 Å². The maximum Gasteiger partial charge on any atom is 0.101 e. The van der Waals surface area contributed by atoms with Gasteiger partial charge in [-0.3, -0.25) is 0 Å². The summed E-state index contributed by atoms with van der Waals surface area (Å²) in [5.41, 5.74) is 5.52. The van der Waals surface area contributed by atoms with E-state index in [1.807, 2.05) is 0 Å². The van der Waals surface area contributed by atoms with E-state index in [0.29, 0.717) is 19.8 Å². The Balaban J connectivity index is 2.27. The first-order valence-corrected chi connectivity index (χ1v) is 5.23. The van der Waals surface area contributed by atoms with Crippen LogP contribution in [0.4, 0.5) is 0 Å². The Morgan fingerprint density at radius 2 is 2.00 bits per heavy atom. The van der Waals surface area contributed by atoms with Gasteiger partial charge in [0, 0.05) is 13.7 Å². The number of nitrogens with two attached hydrogens (primary N) is 1. The monoisotopic (exact) mass is 203 g/mol. The summed E-state index contributed by atoms with van der Waals surface area (Å²) >= 11 is 0. The molecule has 0 amide bonds. The van der Waals surface area contributed by atoms with E-state index in [2.05, 4.69) is 0 Å². The molecule has 4 nitrogen and oxygen atoms in total. The highest BCUT2D eigenvalue weighted by Crippen LogP contribution is 2.32. The van der Waals surface area contributed by atoms with Crippen LogP contribution in [0.3, 0.4) is 0 Å². The van der Waals surface area contributed by atoms with Gasteiger partial charge in [0.1, 0.15) is 6.10 Å². The van der Waals surface area contributed by atoms with Crippen LogP contribution in [-0.2, 0) is 9.47 Å². The standard InChI is InChI=1S/C10H21NO3/c1-13-6-9(12)7-14-10(8-11)4-2-3-5-10/h9,12H,2-8,11H2,1H3. The highest BCUT2D eigenvalue weighted by molar-refractivity contribution is 4.87. The van der Waals surface area contributed by atoms with E-state index >= 15 is 0 Å². The molecule has 3 N–H and O–H groups in total. The van der Waals surface area contributed by atoms with Crippen molar-refractivity contribution in [2.45, 2.75) is 37.4 Å². The molecule has 1 rings (SSSR count). The van der Waals surface area contributed by atoms with Gasteiger partial charge in [-0.25, -0.2) is 0 Å². The summed E-state index contributed by atoms with van der Waals surface area (Å²) in [4.78, 5) is 0. The molecular formula is C10H21NO3. The number of methoxy groups -OCH3 is 1. The van der Waals surface area contributed by atoms with Crippen molar-refractivity contribution < 1.29 is 14.6 Å². The second kappa shape index (κ2) is 5.66. The van der Waals surface area contributed by atoms with Gasteiger partial charge in [0.2, 0.25) is 0 Å². The van der Waals surface area contributed by atoms with Crippen molar-refractivity contribution in [1.82, 2.24) is 0 Å². The Morgan fingerprint density at radius 3 is 2.50 bits per heavy atom. The third-order valence-corrected chi connectivity index (χ3v) is 2.83. The molecule has 14 heavy (non-hydrogen) atoms. The molecule has 0 aromatic carbocycles. The number of ether oxygens (including phenoxy) is 2. The molecule has 0 saturated heterocycles. The molecule has 0 aliphatic heterocycles. The third kappa shape index (κ3) is 3.20. The Morgan fingerprint density at radius 1 is 1.36 bits per heavy atom. The van der Waals surface area contributed by atoms with Crippen LogP contribution in [-0.4, -0.2) is 43.7 Å². The second-order valence-electron chi connectivity index (χ2n) is 4.01. The number of hydrogen-bond acceptors (Lipinski definition) is 4. The lowest BCUT2D eigenvalue weighted by Crippen LogP contribution is -2.40. The van der Waals surface area contributed by atoms with Crippen molar-refractivity contribution in [3.05, 3.63) is 0 Å². The lowest BCUT2D eigenvalue weighted by molar-refractivity contribution is -0.0843. The van der Waals surface area contributed by atoms with E-state index < -0.39 is 6.10 Å². The van der Waals surface area contributed by atoms with E-state index in [1.165, 1.54) is 12.8 Å². The van der Waals surface area contributed by atoms with Gasteiger partial charge in [-0.05, 0) is 12.8 Å². The van der Waals surface area contributed by atoms with Crippen molar-refractivity contribution in [3.63, 3.8) is 0 Å². The Bertz CT molecular complexity index is 157. The fourth-order valence-electron chi connectivity index (χ4n) is 1.94. The molecule has 0 heterocycles. The summed E-state index contributed by atoms with van der Waals surface area (Å²) in [5, 5.41) is 9.43. The normalized spacial score (nSPS) is 22.5. The molecular weight excluding hydrogens is 182 g/mol. The van der Waals surface area contributed by atoms with E-state index in [4.69, 9.17) is 15.2 Å². The van der Waals surface area contributed by atoms with Gasteiger partial charge >= 0.3 is 0 Å². The molecule has 0 bridgehead atoms. The molecule has 1 saturated carbocycles. The van der Waals surface area contributed by atoms with E-state index in [1.54, 1.807) is 7.11 Å². The highest BCUT2D eigenvalue weighted by Gasteiger charge is 2.33. The summed E-state index contributed by atoms with van der Waals surface area (Å²) in [5.74, 6) is 0. The molecule has 1 aliphatic rings. The Labute approximate surface area is 85.4 Å². The molecule has 1 fully saturated rings. The van der Waals surface area contributed by atoms with Crippen LogP contribution in [0.5, 0.6) is 0 Å². The maximum atomic E-state index is 9.43. The zero-order chi connectivity index (χ0) is 10.4. The van der Waals surface area contributed by atoms with Crippen molar-refractivity contribution in [2.24, 2.45) is 5.73 Å². The minimum absolute atomic E-state index is 0.172. The van der Waals surface area contributed by atoms with Crippen LogP contribution in [0.25, 0.3) is 0 Å². The predicted octanol–water partition coefficient (Wildman–Crippen LogP) is 0.282. The molecule has 1 aliphatic carbocycles. The van der Waals surface area contributed by atoms with Crippen LogP contribution < -0.4 is 5.73 Å². The maximum absolute atomic E-state index is 9.43. The summed E-state index contributed by atoms with van der Waals surface area (Å²) in [6, 6.07) is 0. The van der Waals surface area contributed by atoms with E-state index in [0.717, 1.165) is 12.8 Å². The van der Waals surface area contributed by atoms with Crippen LogP contribution in [0, 0.1) is 0 Å². The number of hydrogen-bond donors (Lipinski definition) is 2. The molecule has 0 aromatic heterocycles. The first-order chi connectivity index (χ1) is 6.72. The van der Waals surface area contributed by atoms with Gasteiger partial charge in [-0.15, -0.1) is 0 Å². The molecule has 0 radical (unpaired) electrons. The van der Waals surface area contributed by atoms with Crippen molar-refractivity contribution >= 4 is 0 Å². The van der Waals surface area contributed by atoms with Gasteiger partial charge in [0.05, 0.1) is 18.8 Å². The summed E-state index contributed by atoms with van der Waals surface area (Å²) in [6.45, 7) is 1.19. The van der Waals surface area contributed by atoms with Crippen molar-refractivity contribution in [2.75, 3.05) is 26.9 Å². The molecule has 0 aromatic rings. The Hall–Kier alpha value is -0.160. The third-order valence-electron chi connectivity index (χ3n) is 2.83. The summed E-state index contributed by atoms with van der Waals surface area (Å²) in [7, 11) is 1.57. The molecule has 1 atom stereocenters. The van der Waals surface area contributed by atoms with Gasteiger partial charge in [-0.1, -0.05) is 12.8 Å². The Kier molecular flexibility index (Phi) is 4.81. The zero-order valence-corrected chi connectivity index (χ0v) is 8.87. The van der Waals surface area contributed by atoms with E-state index in [9.17, 15) is 5.11 Å². The largest absolute Gasteiger partial charge is 0.388 e. The molecule has 84 valence electrons. The van der Waals surface area contributed by atoms with Gasteiger partial charge in [-0.2, -0.15) is 0 Å². The smallest absolute Gasteiger partial charge is 0.101 e. The number of rotatable bonds is 6. The fourth-order valence-corrected chi connectivity index (χ4v) is 1.94. The summed E-state index contributed by atoms with van der Waals surface area (Å²) in [6.07, 6.45) is 3.85. The topological polar surface area (TPSA) is 64.7 Å². The van der Waals surface area contributed by atoms with Gasteiger partial charge in [0.25, 0.3) is 0 Å². The lowest BCUT2D eigenvalue weighted by Gasteiger charge is -2.28. The van der Waals surface area contributed by atoms with E-state index in [-0.39, 0.29) is 5.60 Å². The van der Waals surface area contributed by atoms with Crippen LogP contribution >= 0.6 is 0 Å². The van der Waals surface area contributed by atoms with Crippen molar-refractivity contribution in [3.8, 4) is 0 Å². The fraction of sp³-hybridized carbons (Fsp3) is 1.00. The SMILES string of the molecule is COCC(O)COC1(CN)CCCC1. The summed E-state index contributed by atoms with van der Waals surface area (Å²) < 4.78 is 10.5. The van der Waals surface area contributed by atoms with Crippen LogP contribution in [0.2, 0.25) is 0 Å². The second-order valence-corrected chi connectivity index (χ2v) is 4.01. The minimum atomic E-state index is -0.538. The molecule has 1 unspecified atom stereocenters. The quantitative estimate of drug-likeness (QED) is 0.651. The molecule has 0 spiro atoms. The average Bonchev–Trinajstić information content (AvgIpc) is 2.65. The predicted molar refractivity (Wildman–Crippen MR) is 54.1 cm³/mol. The number of aliphatic hydroxyl groups excluding tert-OH is 1.